The molecule has 2 N–H and O–H groups in total. The average molecular weight is 219 g/mol. The number of phenols is 2. The van der Waals surface area contributed by atoms with Crippen molar-refractivity contribution in [3.8, 4) is 11.5 Å². The Labute approximate surface area is 95.3 Å². The van der Waals surface area contributed by atoms with Gasteiger partial charge >= 0.3 is 0 Å². The van der Waals surface area contributed by atoms with Gasteiger partial charge in [0, 0.05) is 24.6 Å². The average Bonchev–Trinajstić information content (AvgIpc) is 2.63. The quantitative estimate of drug-likeness (QED) is 0.653. The standard InChI is InChI=1S/C13H17NO2/c1-14-6-8-2-3-10-9(11(8)7-14)4-5-12(15)13(10)16/h4-5,8,11,15-16H,2-3,6-7H2,1H3/t8-,11-/m1/s1. The maximum absolute atomic E-state index is 9.87. The van der Waals surface area contributed by atoms with E-state index in [1.165, 1.54) is 5.56 Å². The van der Waals surface area contributed by atoms with Crippen molar-refractivity contribution in [2.45, 2.75) is 18.8 Å². The first-order valence-electron chi connectivity index (χ1n) is 5.89. The van der Waals surface area contributed by atoms with Gasteiger partial charge in [-0.15, -0.1) is 0 Å². The molecule has 3 rings (SSSR count). The first kappa shape index (κ1) is 9.97. The predicted molar refractivity (Wildman–Crippen MR) is 61.8 cm³/mol. The van der Waals surface area contributed by atoms with Crippen molar-refractivity contribution in [1.29, 1.82) is 0 Å². The highest BCUT2D eigenvalue weighted by atomic mass is 16.3. The number of likely N-dealkylation sites (N-methyl/N-ethyl adjacent to an activating group) is 1. The number of fused-ring (bicyclic) bond motifs is 3. The van der Waals surface area contributed by atoms with Gasteiger partial charge in [-0.25, -0.2) is 0 Å². The summed E-state index contributed by atoms with van der Waals surface area (Å²) in [7, 11) is 2.15. The number of likely N-dealkylation sites (tertiary alicyclic amines) is 1. The van der Waals surface area contributed by atoms with Gasteiger partial charge in [-0.3, -0.25) is 0 Å². The highest BCUT2D eigenvalue weighted by Gasteiger charge is 2.37. The molecule has 2 atom stereocenters. The fraction of sp³-hybridized carbons (Fsp3) is 0.538. The molecular formula is C13H17NO2. The Kier molecular flexibility index (Phi) is 2.11. The van der Waals surface area contributed by atoms with Crippen LogP contribution in [-0.2, 0) is 6.42 Å². The van der Waals surface area contributed by atoms with Gasteiger partial charge in [-0.2, -0.15) is 0 Å². The molecule has 1 aromatic carbocycles. The maximum atomic E-state index is 9.87. The van der Waals surface area contributed by atoms with Gasteiger partial charge in [0.15, 0.2) is 11.5 Å². The predicted octanol–water partition coefficient (Wildman–Crippen LogP) is 1.69. The Morgan fingerprint density at radius 2 is 2.06 bits per heavy atom. The SMILES string of the molecule is CN1C[C@H]2CCc3c(ccc(O)c3O)[C@@H]2C1. The molecular weight excluding hydrogens is 202 g/mol. The van der Waals surface area contributed by atoms with Crippen LogP contribution in [-0.4, -0.2) is 35.3 Å². The van der Waals surface area contributed by atoms with Crippen LogP contribution in [0.25, 0.3) is 0 Å². The number of benzene rings is 1. The van der Waals surface area contributed by atoms with E-state index in [4.69, 9.17) is 0 Å². The Morgan fingerprint density at radius 1 is 1.25 bits per heavy atom. The molecule has 0 amide bonds. The van der Waals surface area contributed by atoms with Crippen molar-refractivity contribution in [3.05, 3.63) is 23.3 Å². The van der Waals surface area contributed by atoms with Crippen LogP contribution in [0.4, 0.5) is 0 Å². The molecule has 1 heterocycles. The number of aromatic hydroxyl groups is 2. The second-order valence-electron chi connectivity index (χ2n) is 5.13. The van der Waals surface area contributed by atoms with Crippen molar-refractivity contribution in [2.24, 2.45) is 5.92 Å². The summed E-state index contributed by atoms with van der Waals surface area (Å²) in [5, 5.41) is 19.4. The van der Waals surface area contributed by atoms with Gasteiger partial charge in [0.1, 0.15) is 0 Å². The molecule has 3 heteroatoms. The molecule has 0 saturated carbocycles. The number of nitrogens with zero attached hydrogens (tertiary/aromatic N) is 1. The van der Waals surface area contributed by atoms with Crippen molar-refractivity contribution >= 4 is 0 Å². The first-order chi connectivity index (χ1) is 7.66. The smallest absolute Gasteiger partial charge is 0.160 e. The molecule has 1 fully saturated rings. The summed E-state index contributed by atoms with van der Waals surface area (Å²) in [6.07, 6.45) is 2.02. The third-order valence-corrected chi connectivity index (χ3v) is 4.09. The lowest BCUT2D eigenvalue weighted by Crippen LogP contribution is -2.18. The Hall–Kier alpha value is -1.22. The minimum Gasteiger partial charge on any atom is -0.504 e. The van der Waals surface area contributed by atoms with Gasteiger partial charge in [0.05, 0.1) is 0 Å². The third-order valence-electron chi connectivity index (χ3n) is 4.09. The van der Waals surface area contributed by atoms with Crippen molar-refractivity contribution < 1.29 is 10.2 Å². The lowest BCUT2D eigenvalue weighted by molar-refractivity contribution is 0.375. The van der Waals surface area contributed by atoms with Crippen molar-refractivity contribution in [2.75, 3.05) is 20.1 Å². The summed E-state index contributed by atoms with van der Waals surface area (Å²) in [6, 6.07) is 3.61. The van der Waals surface area contributed by atoms with E-state index >= 15 is 0 Å². The van der Waals surface area contributed by atoms with Gasteiger partial charge in [-0.1, -0.05) is 6.07 Å². The monoisotopic (exact) mass is 219 g/mol. The highest BCUT2D eigenvalue weighted by molar-refractivity contribution is 5.51. The zero-order valence-electron chi connectivity index (χ0n) is 9.48. The van der Waals surface area contributed by atoms with Gasteiger partial charge < -0.3 is 15.1 Å². The van der Waals surface area contributed by atoms with Gasteiger partial charge in [0.25, 0.3) is 0 Å². The molecule has 1 aliphatic carbocycles. The van der Waals surface area contributed by atoms with E-state index in [2.05, 4.69) is 11.9 Å². The summed E-state index contributed by atoms with van der Waals surface area (Å²) in [6.45, 7) is 2.23. The molecule has 1 aliphatic heterocycles. The highest BCUT2D eigenvalue weighted by Crippen LogP contribution is 2.45. The molecule has 3 nitrogen and oxygen atoms in total. The Balaban J connectivity index is 2.07. The largest absolute Gasteiger partial charge is 0.504 e. The summed E-state index contributed by atoms with van der Waals surface area (Å²) in [5.74, 6) is 1.38. The molecule has 16 heavy (non-hydrogen) atoms. The van der Waals surface area contributed by atoms with E-state index in [9.17, 15) is 10.2 Å². The van der Waals surface area contributed by atoms with E-state index in [1.807, 2.05) is 6.07 Å². The van der Waals surface area contributed by atoms with E-state index in [-0.39, 0.29) is 11.5 Å². The normalized spacial score (nSPS) is 28.8. The number of hydrogen-bond acceptors (Lipinski definition) is 3. The van der Waals surface area contributed by atoms with Gasteiger partial charge in [0.2, 0.25) is 0 Å². The fourth-order valence-corrected chi connectivity index (χ4v) is 3.31. The minimum atomic E-state index is 0.0172. The maximum Gasteiger partial charge on any atom is 0.160 e. The summed E-state index contributed by atoms with van der Waals surface area (Å²) >= 11 is 0. The van der Waals surface area contributed by atoms with Crippen LogP contribution >= 0.6 is 0 Å². The zero-order valence-corrected chi connectivity index (χ0v) is 9.48. The molecule has 0 spiro atoms. The Morgan fingerprint density at radius 3 is 2.88 bits per heavy atom. The molecule has 1 saturated heterocycles. The van der Waals surface area contributed by atoms with E-state index < -0.39 is 0 Å². The second kappa shape index (κ2) is 3.39. The number of hydrogen-bond donors (Lipinski definition) is 2. The van der Waals surface area contributed by atoms with Crippen LogP contribution in [0, 0.1) is 5.92 Å². The molecule has 0 unspecified atom stereocenters. The minimum absolute atomic E-state index is 0.0172. The third kappa shape index (κ3) is 1.31. The lowest BCUT2D eigenvalue weighted by atomic mass is 9.77. The summed E-state index contributed by atoms with van der Waals surface area (Å²) in [4.78, 5) is 2.36. The van der Waals surface area contributed by atoms with E-state index in [1.54, 1.807) is 6.07 Å². The lowest BCUT2D eigenvalue weighted by Gasteiger charge is -2.28. The van der Waals surface area contributed by atoms with Crippen LogP contribution in [0.5, 0.6) is 11.5 Å². The van der Waals surface area contributed by atoms with Crippen molar-refractivity contribution in [1.82, 2.24) is 4.90 Å². The van der Waals surface area contributed by atoms with Crippen LogP contribution in [0.15, 0.2) is 12.1 Å². The fourth-order valence-electron chi connectivity index (χ4n) is 3.31. The summed E-state index contributed by atoms with van der Waals surface area (Å²) < 4.78 is 0. The van der Waals surface area contributed by atoms with Crippen LogP contribution < -0.4 is 0 Å². The molecule has 1 aromatic rings. The number of rotatable bonds is 0. The van der Waals surface area contributed by atoms with E-state index in [0.29, 0.717) is 5.92 Å². The zero-order chi connectivity index (χ0) is 11.3. The second-order valence-corrected chi connectivity index (χ2v) is 5.13. The molecule has 86 valence electrons. The molecule has 2 aliphatic rings. The molecule has 0 aromatic heterocycles. The number of phenolic OH excluding ortho intramolecular Hbond substituents is 2. The summed E-state index contributed by atoms with van der Waals surface area (Å²) in [5.41, 5.74) is 2.22. The van der Waals surface area contributed by atoms with Crippen molar-refractivity contribution in [3.63, 3.8) is 0 Å². The molecule has 0 bridgehead atoms. The topological polar surface area (TPSA) is 43.7 Å². The molecule has 0 radical (unpaired) electrons. The van der Waals surface area contributed by atoms with Crippen LogP contribution in [0.1, 0.15) is 23.5 Å². The first-order valence-corrected chi connectivity index (χ1v) is 5.89. The van der Waals surface area contributed by atoms with Crippen LogP contribution in [0.2, 0.25) is 0 Å². The van der Waals surface area contributed by atoms with Gasteiger partial charge in [-0.05, 0) is 37.4 Å². The van der Waals surface area contributed by atoms with E-state index in [0.717, 1.165) is 37.4 Å². The Bertz CT molecular complexity index is 430. The van der Waals surface area contributed by atoms with Crippen LogP contribution in [0.3, 0.4) is 0 Å².